The molecule has 0 spiro atoms. The quantitative estimate of drug-likeness (QED) is 0.650. The van der Waals surface area contributed by atoms with Crippen LogP contribution in [-0.4, -0.2) is 37.0 Å². The molecule has 12 heavy (non-hydrogen) atoms. The predicted molar refractivity (Wildman–Crippen MR) is 44.3 cm³/mol. The first-order valence-corrected chi connectivity index (χ1v) is 4.30. The highest BCUT2D eigenvalue weighted by molar-refractivity contribution is 4.89. The topological polar surface area (TPSA) is 29.3 Å². The number of halogens is 2. The molecule has 1 heterocycles. The van der Waals surface area contributed by atoms with E-state index in [9.17, 15) is 8.78 Å². The molecule has 1 aliphatic heterocycles. The average molecular weight is 178 g/mol. The van der Waals surface area contributed by atoms with E-state index < -0.39 is 12.0 Å². The fourth-order valence-electron chi connectivity index (χ4n) is 1.53. The second-order valence-electron chi connectivity index (χ2n) is 3.69. The second kappa shape index (κ2) is 3.66. The maximum atomic E-state index is 12.5. The first-order chi connectivity index (χ1) is 5.54. The standard InChI is InChI=1S/C8H16F2N2/c1-12-5-2-3-8(11,4-6-12)7(9)10/h7H,2-6,11H2,1H3. The number of nitrogens with two attached hydrogens (primary N) is 1. The maximum Gasteiger partial charge on any atom is 0.256 e. The molecule has 1 aliphatic rings. The van der Waals surface area contributed by atoms with Crippen LogP contribution in [0, 0.1) is 0 Å². The minimum atomic E-state index is -2.39. The molecule has 4 heteroatoms. The van der Waals surface area contributed by atoms with Crippen LogP contribution >= 0.6 is 0 Å². The smallest absolute Gasteiger partial charge is 0.256 e. The van der Waals surface area contributed by atoms with Gasteiger partial charge in [0, 0.05) is 0 Å². The Balaban J connectivity index is 2.55. The molecule has 0 bridgehead atoms. The van der Waals surface area contributed by atoms with Gasteiger partial charge in [-0.3, -0.25) is 0 Å². The van der Waals surface area contributed by atoms with Crippen molar-refractivity contribution in [3.05, 3.63) is 0 Å². The zero-order valence-electron chi connectivity index (χ0n) is 7.39. The van der Waals surface area contributed by atoms with Crippen LogP contribution in [0.15, 0.2) is 0 Å². The van der Waals surface area contributed by atoms with E-state index in [1.807, 2.05) is 7.05 Å². The fraction of sp³-hybridized carbons (Fsp3) is 1.00. The van der Waals surface area contributed by atoms with E-state index in [-0.39, 0.29) is 0 Å². The molecule has 0 aliphatic carbocycles. The van der Waals surface area contributed by atoms with Gasteiger partial charge in [0.15, 0.2) is 0 Å². The van der Waals surface area contributed by atoms with Gasteiger partial charge in [-0.1, -0.05) is 0 Å². The molecule has 0 saturated carbocycles. The summed E-state index contributed by atoms with van der Waals surface area (Å²) in [5.41, 5.74) is 4.36. The number of nitrogens with zero attached hydrogens (tertiary/aromatic N) is 1. The van der Waals surface area contributed by atoms with Crippen LogP contribution in [0.2, 0.25) is 0 Å². The van der Waals surface area contributed by atoms with Gasteiger partial charge in [-0.25, -0.2) is 8.78 Å². The summed E-state index contributed by atoms with van der Waals surface area (Å²) >= 11 is 0. The van der Waals surface area contributed by atoms with Gasteiger partial charge >= 0.3 is 0 Å². The summed E-state index contributed by atoms with van der Waals surface area (Å²) in [6, 6.07) is 0. The lowest BCUT2D eigenvalue weighted by Gasteiger charge is -2.26. The lowest BCUT2D eigenvalue weighted by atomic mass is 9.92. The van der Waals surface area contributed by atoms with Crippen molar-refractivity contribution in [2.24, 2.45) is 5.73 Å². The molecular formula is C8H16F2N2. The minimum absolute atomic E-state index is 0.404. The number of hydrogen-bond acceptors (Lipinski definition) is 2. The molecule has 0 aromatic carbocycles. The summed E-state index contributed by atoms with van der Waals surface area (Å²) in [5.74, 6) is 0. The van der Waals surface area contributed by atoms with Crippen molar-refractivity contribution in [1.29, 1.82) is 0 Å². The van der Waals surface area contributed by atoms with Crippen molar-refractivity contribution in [2.45, 2.75) is 31.2 Å². The number of rotatable bonds is 1. The Hall–Kier alpha value is -0.220. The Kier molecular flexibility index (Phi) is 3.01. The second-order valence-corrected chi connectivity index (χ2v) is 3.69. The van der Waals surface area contributed by atoms with E-state index in [1.54, 1.807) is 0 Å². The normalized spacial score (nSPS) is 33.8. The van der Waals surface area contributed by atoms with E-state index in [0.717, 1.165) is 13.0 Å². The zero-order valence-corrected chi connectivity index (χ0v) is 7.39. The van der Waals surface area contributed by atoms with Crippen molar-refractivity contribution in [2.75, 3.05) is 20.1 Å². The largest absolute Gasteiger partial charge is 0.320 e. The molecule has 0 amide bonds. The van der Waals surface area contributed by atoms with Crippen LogP contribution in [0.5, 0.6) is 0 Å². The molecule has 2 nitrogen and oxygen atoms in total. The predicted octanol–water partition coefficient (Wildman–Crippen LogP) is 1.06. The van der Waals surface area contributed by atoms with E-state index in [2.05, 4.69) is 4.90 Å². The number of likely N-dealkylation sites (tertiary alicyclic amines) is 1. The molecule has 1 atom stereocenters. The van der Waals surface area contributed by atoms with E-state index in [1.165, 1.54) is 0 Å². The van der Waals surface area contributed by atoms with Crippen molar-refractivity contribution in [3.8, 4) is 0 Å². The van der Waals surface area contributed by atoms with Gasteiger partial charge in [0.1, 0.15) is 0 Å². The first kappa shape index (κ1) is 9.86. The van der Waals surface area contributed by atoms with Crippen molar-refractivity contribution < 1.29 is 8.78 Å². The van der Waals surface area contributed by atoms with Crippen molar-refractivity contribution in [1.82, 2.24) is 4.90 Å². The lowest BCUT2D eigenvalue weighted by Crippen LogP contribution is -2.47. The minimum Gasteiger partial charge on any atom is -0.320 e. The van der Waals surface area contributed by atoms with Crippen LogP contribution in [-0.2, 0) is 0 Å². The highest BCUT2D eigenvalue weighted by Crippen LogP contribution is 2.25. The third-order valence-electron chi connectivity index (χ3n) is 2.58. The molecule has 0 aromatic rings. The lowest BCUT2D eigenvalue weighted by molar-refractivity contribution is 0.0451. The molecule has 1 saturated heterocycles. The number of hydrogen-bond donors (Lipinski definition) is 1. The molecule has 1 unspecified atom stereocenters. The number of alkyl halides is 2. The average Bonchev–Trinajstić information content (AvgIpc) is 2.15. The van der Waals surface area contributed by atoms with Gasteiger partial charge in [0.05, 0.1) is 5.54 Å². The maximum absolute atomic E-state index is 12.5. The Bertz CT molecular complexity index is 152. The van der Waals surface area contributed by atoms with Gasteiger partial charge in [-0.2, -0.15) is 0 Å². The third kappa shape index (κ3) is 2.14. The third-order valence-corrected chi connectivity index (χ3v) is 2.58. The summed E-state index contributed by atoms with van der Waals surface area (Å²) in [5, 5.41) is 0. The van der Waals surface area contributed by atoms with Gasteiger partial charge in [-0.15, -0.1) is 0 Å². The summed E-state index contributed by atoms with van der Waals surface area (Å²) in [7, 11) is 1.94. The molecular weight excluding hydrogens is 162 g/mol. The molecule has 1 fully saturated rings. The fourth-order valence-corrected chi connectivity index (χ4v) is 1.53. The van der Waals surface area contributed by atoms with E-state index in [0.29, 0.717) is 19.4 Å². The Morgan fingerprint density at radius 3 is 2.58 bits per heavy atom. The molecule has 1 rings (SSSR count). The Morgan fingerprint density at radius 2 is 2.00 bits per heavy atom. The Labute approximate surface area is 71.7 Å². The summed E-state index contributed by atoms with van der Waals surface area (Å²) in [6.07, 6.45) is -0.767. The summed E-state index contributed by atoms with van der Waals surface area (Å²) in [4.78, 5) is 2.05. The van der Waals surface area contributed by atoms with Crippen LogP contribution in [0.3, 0.4) is 0 Å². The van der Waals surface area contributed by atoms with E-state index in [4.69, 9.17) is 5.73 Å². The summed E-state index contributed by atoms with van der Waals surface area (Å²) in [6.45, 7) is 1.56. The van der Waals surface area contributed by atoms with Crippen molar-refractivity contribution in [3.63, 3.8) is 0 Å². The molecule has 2 N–H and O–H groups in total. The monoisotopic (exact) mass is 178 g/mol. The van der Waals surface area contributed by atoms with Gasteiger partial charge in [0.25, 0.3) is 6.43 Å². The first-order valence-electron chi connectivity index (χ1n) is 4.30. The molecule has 0 radical (unpaired) electrons. The zero-order chi connectivity index (χ0) is 9.19. The Morgan fingerprint density at radius 1 is 1.33 bits per heavy atom. The highest BCUT2D eigenvalue weighted by Gasteiger charge is 2.36. The molecule has 0 aromatic heterocycles. The van der Waals surface area contributed by atoms with Crippen LogP contribution in [0.1, 0.15) is 19.3 Å². The van der Waals surface area contributed by atoms with Gasteiger partial charge in [0.2, 0.25) is 0 Å². The SMILES string of the molecule is CN1CCCC(N)(C(F)F)CC1. The van der Waals surface area contributed by atoms with Crippen LogP contribution in [0.4, 0.5) is 8.78 Å². The van der Waals surface area contributed by atoms with Gasteiger partial charge in [-0.05, 0) is 39.4 Å². The van der Waals surface area contributed by atoms with Crippen molar-refractivity contribution >= 4 is 0 Å². The van der Waals surface area contributed by atoms with E-state index >= 15 is 0 Å². The highest BCUT2D eigenvalue weighted by atomic mass is 19.3. The van der Waals surface area contributed by atoms with Crippen LogP contribution in [0.25, 0.3) is 0 Å². The molecule has 72 valence electrons. The summed E-state index contributed by atoms with van der Waals surface area (Å²) < 4.78 is 24.9. The van der Waals surface area contributed by atoms with Crippen LogP contribution < -0.4 is 5.73 Å². The van der Waals surface area contributed by atoms with Gasteiger partial charge < -0.3 is 10.6 Å².